The average Bonchev–Trinajstić information content (AvgIpc) is 2.75. The molecule has 0 unspecified atom stereocenters. The lowest BCUT2D eigenvalue weighted by atomic mass is 10.1. The van der Waals surface area contributed by atoms with Crippen LogP contribution in [0.1, 0.15) is 23.6 Å². The highest BCUT2D eigenvalue weighted by Crippen LogP contribution is 2.31. The zero-order chi connectivity index (χ0) is 24.3. The summed E-state index contributed by atoms with van der Waals surface area (Å²) in [5.41, 5.74) is 3.72. The molecule has 0 bridgehead atoms. The number of ether oxygens (including phenoxy) is 1. The lowest BCUT2D eigenvalue weighted by molar-refractivity contribution is -0.122. The van der Waals surface area contributed by atoms with Crippen LogP contribution in [0.25, 0.3) is 0 Å². The summed E-state index contributed by atoms with van der Waals surface area (Å²) in [5.74, 6) is 0.301. The Morgan fingerprint density at radius 1 is 1.00 bits per heavy atom. The normalized spacial score (nSPS) is 12.2. The molecule has 0 aliphatic rings. The zero-order valence-electron chi connectivity index (χ0n) is 18.6. The van der Waals surface area contributed by atoms with Gasteiger partial charge in [0.25, 0.3) is 15.9 Å². The molecule has 0 aromatic heterocycles. The van der Waals surface area contributed by atoms with Crippen LogP contribution in [0.4, 0.5) is 11.4 Å². The number of sulfonamides is 1. The molecule has 2 N–H and O–H groups in total. The molecule has 0 aliphatic heterocycles. The van der Waals surface area contributed by atoms with Crippen molar-refractivity contribution in [2.24, 2.45) is 0 Å². The quantitative estimate of drug-likeness (QED) is 0.403. The number of carbonyl (C=O) groups excluding carboxylic acids is 1. The first-order chi connectivity index (χ1) is 15.5. The lowest BCUT2D eigenvalue weighted by Crippen LogP contribution is -2.30. The van der Waals surface area contributed by atoms with Crippen molar-refractivity contribution in [1.29, 1.82) is 0 Å². The summed E-state index contributed by atoms with van der Waals surface area (Å²) in [6.45, 7) is 7.56. The van der Waals surface area contributed by atoms with Gasteiger partial charge in [-0.2, -0.15) is 0 Å². The predicted molar refractivity (Wildman–Crippen MR) is 133 cm³/mol. The number of hydrogen-bond acceptors (Lipinski definition) is 4. The van der Waals surface area contributed by atoms with Gasteiger partial charge in [-0.25, -0.2) is 8.42 Å². The Morgan fingerprint density at radius 3 is 2.33 bits per heavy atom. The van der Waals surface area contributed by atoms with Gasteiger partial charge in [0, 0.05) is 5.69 Å². The molecule has 3 aromatic rings. The van der Waals surface area contributed by atoms with E-state index in [1.165, 1.54) is 30.3 Å². The predicted octanol–water partition coefficient (Wildman–Crippen LogP) is 6.13. The molecule has 0 radical (unpaired) electrons. The second-order valence-corrected chi connectivity index (χ2v) is 10.2. The molecule has 9 heteroatoms. The molecule has 3 rings (SSSR count). The smallest absolute Gasteiger partial charge is 0.265 e. The van der Waals surface area contributed by atoms with Gasteiger partial charge in [-0.15, -0.1) is 0 Å². The Hall–Kier alpha value is -2.74. The molecule has 33 heavy (non-hydrogen) atoms. The molecule has 0 saturated heterocycles. The van der Waals surface area contributed by atoms with Gasteiger partial charge in [-0.3, -0.25) is 9.52 Å². The Labute approximate surface area is 203 Å². The number of halogens is 2. The van der Waals surface area contributed by atoms with Crippen molar-refractivity contribution in [3.63, 3.8) is 0 Å². The van der Waals surface area contributed by atoms with Crippen LogP contribution in [0.2, 0.25) is 10.0 Å². The van der Waals surface area contributed by atoms with Crippen LogP contribution < -0.4 is 14.8 Å². The fourth-order valence-corrected chi connectivity index (χ4v) is 4.59. The number of nitrogens with one attached hydrogen (secondary N) is 2. The van der Waals surface area contributed by atoms with Gasteiger partial charge >= 0.3 is 0 Å². The van der Waals surface area contributed by atoms with Crippen LogP contribution in [-0.4, -0.2) is 20.4 Å². The molecule has 0 aliphatic carbocycles. The maximum Gasteiger partial charge on any atom is 0.265 e. The molecule has 174 valence electrons. The molecule has 0 heterocycles. The summed E-state index contributed by atoms with van der Waals surface area (Å²) in [5, 5.41) is 3.09. The summed E-state index contributed by atoms with van der Waals surface area (Å²) in [6, 6.07) is 14.4. The fraction of sp³-hybridized carbons (Fsp3) is 0.208. The molecule has 1 amide bonds. The highest BCUT2D eigenvalue weighted by Gasteiger charge is 2.19. The van der Waals surface area contributed by atoms with Gasteiger partial charge in [0.1, 0.15) is 5.75 Å². The maximum absolute atomic E-state index is 12.7. The van der Waals surface area contributed by atoms with Crippen LogP contribution in [0, 0.1) is 20.8 Å². The molecule has 0 fully saturated rings. The van der Waals surface area contributed by atoms with E-state index in [-0.39, 0.29) is 26.5 Å². The minimum atomic E-state index is -3.90. The van der Waals surface area contributed by atoms with Crippen molar-refractivity contribution in [2.75, 3.05) is 10.0 Å². The van der Waals surface area contributed by atoms with Gasteiger partial charge in [0.05, 0.1) is 20.6 Å². The van der Waals surface area contributed by atoms with E-state index < -0.39 is 16.1 Å². The lowest BCUT2D eigenvalue weighted by Gasteiger charge is -2.18. The SMILES string of the molecule is Cc1cc(C)c(C)c(O[C@H](C)C(=O)Nc2ccc(S(=O)(=O)Nc3cccc(Cl)c3Cl)cc2)c1. The van der Waals surface area contributed by atoms with E-state index in [0.29, 0.717) is 11.4 Å². The number of amides is 1. The highest BCUT2D eigenvalue weighted by atomic mass is 35.5. The monoisotopic (exact) mass is 506 g/mol. The summed E-state index contributed by atoms with van der Waals surface area (Å²) < 4.78 is 33.6. The Balaban J connectivity index is 1.68. The van der Waals surface area contributed by atoms with Crippen molar-refractivity contribution in [2.45, 2.75) is 38.7 Å². The van der Waals surface area contributed by atoms with E-state index in [9.17, 15) is 13.2 Å². The van der Waals surface area contributed by atoms with Crippen LogP contribution in [0.3, 0.4) is 0 Å². The Bertz CT molecular complexity index is 1290. The van der Waals surface area contributed by atoms with Crippen molar-refractivity contribution in [3.8, 4) is 5.75 Å². The molecule has 0 spiro atoms. The Morgan fingerprint density at radius 2 is 1.67 bits per heavy atom. The number of anilines is 2. The van der Waals surface area contributed by atoms with Crippen molar-refractivity contribution in [3.05, 3.63) is 81.3 Å². The number of hydrogen-bond donors (Lipinski definition) is 2. The third-order valence-corrected chi connectivity index (χ3v) is 7.27. The summed E-state index contributed by atoms with van der Waals surface area (Å²) >= 11 is 12.0. The summed E-state index contributed by atoms with van der Waals surface area (Å²) in [4.78, 5) is 12.6. The van der Waals surface area contributed by atoms with Gasteiger partial charge in [0.15, 0.2) is 6.10 Å². The van der Waals surface area contributed by atoms with Crippen molar-refractivity contribution >= 4 is 50.5 Å². The second kappa shape index (κ2) is 10.0. The number of rotatable bonds is 7. The fourth-order valence-electron chi connectivity index (χ4n) is 3.11. The highest BCUT2D eigenvalue weighted by molar-refractivity contribution is 7.92. The first kappa shape index (κ1) is 24.9. The molecular formula is C24H24Cl2N2O4S. The van der Waals surface area contributed by atoms with Crippen LogP contribution in [0.15, 0.2) is 59.5 Å². The van der Waals surface area contributed by atoms with E-state index in [2.05, 4.69) is 16.1 Å². The zero-order valence-corrected chi connectivity index (χ0v) is 20.9. The standard InChI is InChI=1S/C24H24Cl2N2O4S/c1-14-12-15(2)16(3)22(13-14)32-17(4)24(29)27-18-8-10-19(11-9-18)33(30,31)28-21-7-5-6-20(25)23(21)26/h5-13,17,28H,1-4H3,(H,27,29)/t17-/m1/s1. The maximum atomic E-state index is 12.7. The molecular weight excluding hydrogens is 483 g/mol. The molecule has 6 nitrogen and oxygen atoms in total. The van der Waals surface area contributed by atoms with Crippen LogP contribution in [-0.2, 0) is 14.8 Å². The van der Waals surface area contributed by atoms with Gasteiger partial charge in [-0.1, -0.05) is 35.3 Å². The van der Waals surface area contributed by atoms with E-state index in [1.807, 2.05) is 26.8 Å². The molecule has 3 aromatic carbocycles. The van der Waals surface area contributed by atoms with E-state index >= 15 is 0 Å². The third kappa shape index (κ3) is 5.99. The van der Waals surface area contributed by atoms with Gasteiger partial charge < -0.3 is 10.1 Å². The summed E-state index contributed by atoms with van der Waals surface area (Å²) in [7, 11) is -3.90. The van der Waals surface area contributed by atoms with Crippen LogP contribution >= 0.6 is 23.2 Å². The Kier molecular flexibility index (Phi) is 7.57. The summed E-state index contributed by atoms with van der Waals surface area (Å²) in [6.07, 6.45) is -0.750. The largest absolute Gasteiger partial charge is 0.481 e. The number of aryl methyl sites for hydroxylation is 2. The number of carbonyl (C=O) groups is 1. The minimum Gasteiger partial charge on any atom is -0.481 e. The van der Waals surface area contributed by atoms with E-state index in [1.54, 1.807) is 19.1 Å². The van der Waals surface area contributed by atoms with E-state index in [0.717, 1.165) is 16.7 Å². The first-order valence-corrected chi connectivity index (χ1v) is 12.3. The van der Waals surface area contributed by atoms with Gasteiger partial charge in [0.2, 0.25) is 0 Å². The van der Waals surface area contributed by atoms with Crippen LogP contribution in [0.5, 0.6) is 5.75 Å². The third-order valence-electron chi connectivity index (χ3n) is 5.07. The van der Waals surface area contributed by atoms with Gasteiger partial charge in [-0.05, 0) is 86.8 Å². The van der Waals surface area contributed by atoms with E-state index in [4.69, 9.17) is 27.9 Å². The van der Waals surface area contributed by atoms with Crippen molar-refractivity contribution in [1.82, 2.24) is 0 Å². The topological polar surface area (TPSA) is 84.5 Å². The number of benzene rings is 3. The average molecular weight is 507 g/mol. The minimum absolute atomic E-state index is 0.00620. The van der Waals surface area contributed by atoms with Crippen molar-refractivity contribution < 1.29 is 17.9 Å². The molecule has 1 atom stereocenters. The molecule has 0 saturated carbocycles. The first-order valence-electron chi connectivity index (χ1n) is 10.1. The second-order valence-electron chi connectivity index (χ2n) is 7.69.